The van der Waals surface area contributed by atoms with Gasteiger partial charge in [0.2, 0.25) is 0 Å². The molecule has 1 unspecified atom stereocenters. The van der Waals surface area contributed by atoms with Crippen molar-refractivity contribution in [1.29, 1.82) is 0 Å². The second-order valence-corrected chi connectivity index (χ2v) is 10.6. The van der Waals surface area contributed by atoms with Gasteiger partial charge in [-0.15, -0.1) is 0 Å². The molecule has 176 valence electrons. The normalized spacial score (nSPS) is 24.4. The van der Waals surface area contributed by atoms with Crippen LogP contribution in [0.1, 0.15) is 54.0 Å². The van der Waals surface area contributed by atoms with Gasteiger partial charge in [-0.05, 0) is 36.1 Å². The Labute approximate surface area is 189 Å². The Morgan fingerprint density at radius 3 is 2.73 bits per heavy atom. The first-order valence-electron chi connectivity index (χ1n) is 10.4. The lowest BCUT2D eigenvalue weighted by Gasteiger charge is -2.28. The maximum Gasteiger partial charge on any atom is 0.530 e. The lowest BCUT2D eigenvalue weighted by molar-refractivity contribution is -0.0130. The fourth-order valence-electron chi connectivity index (χ4n) is 3.48. The van der Waals surface area contributed by atoms with Crippen LogP contribution in [-0.2, 0) is 30.4 Å². The Hall–Kier alpha value is -2.78. The summed E-state index contributed by atoms with van der Waals surface area (Å²) in [5, 5.41) is 0. The molecule has 1 N–H and O–H groups in total. The summed E-state index contributed by atoms with van der Waals surface area (Å²) in [6.07, 6.45) is 3.93. The molecule has 2 aromatic rings. The van der Waals surface area contributed by atoms with Crippen molar-refractivity contribution >= 4 is 14.1 Å². The molecule has 0 radical (unpaired) electrons. The van der Waals surface area contributed by atoms with Gasteiger partial charge >= 0.3 is 13.5 Å². The molecule has 2 aliphatic heterocycles. The van der Waals surface area contributed by atoms with E-state index in [-0.39, 0.29) is 29.9 Å². The molecule has 0 aliphatic carbocycles. The fraction of sp³-hybridized carbons (Fsp3) is 0.409. The molecule has 3 heterocycles. The summed E-state index contributed by atoms with van der Waals surface area (Å²) in [5.41, 5.74) is 0.905. The molecule has 1 aromatic carbocycles. The number of hydrogen-bond acceptors (Lipinski definition) is 8. The van der Waals surface area contributed by atoms with Crippen LogP contribution in [0, 0.1) is 6.92 Å². The number of H-pyrrole nitrogens is 1. The zero-order chi connectivity index (χ0) is 24.0. The Bertz CT molecular complexity index is 1290. The van der Waals surface area contributed by atoms with Crippen LogP contribution >= 0.6 is 7.82 Å². The summed E-state index contributed by atoms with van der Waals surface area (Å²) >= 11 is 0. The molecule has 1 aromatic heterocycles. The number of aromatic amines is 1. The predicted molar refractivity (Wildman–Crippen MR) is 119 cm³/mol. The number of benzene rings is 1. The maximum absolute atomic E-state index is 13.0. The van der Waals surface area contributed by atoms with Gasteiger partial charge in [-0.25, -0.2) is 9.36 Å². The Balaban J connectivity index is 1.45. The lowest BCUT2D eigenvalue weighted by Crippen LogP contribution is -2.33. The van der Waals surface area contributed by atoms with Crippen molar-refractivity contribution in [3.05, 3.63) is 73.6 Å². The molecular formula is C22H25N2O8P. The second kappa shape index (κ2) is 8.53. The number of aromatic nitrogens is 2. The fourth-order valence-corrected chi connectivity index (χ4v) is 4.74. The number of carbonyl (C=O) groups excluding carboxylic acids is 1. The number of rotatable bonds is 5. The van der Waals surface area contributed by atoms with E-state index in [0.29, 0.717) is 17.4 Å². The number of aldehydes is 1. The predicted octanol–water partition coefficient (Wildman–Crippen LogP) is 3.14. The Kier molecular flexibility index (Phi) is 6.05. The lowest BCUT2D eigenvalue weighted by atomic mass is 9.85. The minimum Gasteiger partial charge on any atom is -0.403 e. The van der Waals surface area contributed by atoms with E-state index in [2.05, 4.69) is 4.98 Å². The minimum atomic E-state index is -4.00. The number of aryl methyl sites for hydroxylation is 1. The van der Waals surface area contributed by atoms with Crippen LogP contribution in [0.5, 0.6) is 5.75 Å². The van der Waals surface area contributed by atoms with E-state index in [9.17, 15) is 18.9 Å². The first-order chi connectivity index (χ1) is 15.5. The summed E-state index contributed by atoms with van der Waals surface area (Å²) in [4.78, 5) is 37.5. The molecule has 0 saturated heterocycles. The monoisotopic (exact) mass is 476 g/mol. The molecular weight excluding hydrogens is 451 g/mol. The van der Waals surface area contributed by atoms with Crippen molar-refractivity contribution in [2.24, 2.45) is 0 Å². The van der Waals surface area contributed by atoms with Crippen LogP contribution in [0.2, 0.25) is 0 Å². The molecule has 0 spiro atoms. The van der Waals surface area contributed by atoms with Crippen LogP contribution in [0.4, 0.5) is 0 Å². The van der Waals surface area contributed by atoms with Gasteiger partial charge < -0.3 is 9.26 Å². The highest BCUT2D eigenvalue weighted by atomic mass is 31.2. The second-order valence-electron chi connectivity index (χ2n) is 8.96. The number of nitrogens with one attached hydrogen (secondary N) is 1. The quantitative estimate of drug-likeness (QED) is 0.396. The van der Waals surface area contributed by atoms with Gasteiger partial charge in [0.25, 0.3) is 5.56 Å². The van der Waals surface area contributed by atoms with E-state index < -0.39 is 31.4 Å². The summed E-state index contributed by atoms with van der Waals surface area (Å²) in [5.74, 6) is 0.184. The maximum atomic E-state index is 13.0. The first-order valence-corrected chi connectivity index (χ1v) is 11.8. The number of fused-ring (bicyclic) bond motifs is 1. The Morgan fingerprint density at radius 1 is 1.27 bits per heavy atom. The number of hydrogen-bond donors (Lipinski definition) is 1. The van der Waals surface area contributed by atoms with Crippen molar-refractivity contribution in [3.63, 3.8) is 0 Å². The van der Waals surface area contributed by atoms with Crippen molar-refractivity contribution < 1.29 is 27.7 Å². The topological polar surface area (TPSA) is 126 Å². The molecule has 3 atom stereocenters. The molecule has 10 nitrogen and oxygen atoms in total. The van der Waals surface area contributed by atoms with Crippen molar-refractivity contribution in [3.8, 4) is 5.75 Å². The molecule has 0 amide bonds. The first kappa shape index (κ1) is 23.4. The third kappa shape index (κ3) is 4.79. The molecule has 0 bridgehead atoms. The smallest absolute Gasteiger partial charge is 0.403 e. The summed E-state index contributed by atoms with van der Waals surface area (Å²) in [7, 11) is -4.00. The highest BCUT2D eigenvalue weighted by Gasteiger charge is 2.37. The highest BCUT2D eigenvalue weighted by molar-refractivity contribution is 7.49. The van der Waals surface area contributed by atoms with Crippen LogP contribution in [0.25, 0.3) is 0 Å². The number of ether oxygens (including phenoxy) is 1. The number of carbonyl (C=O) groups is 1. The zero-order valence-electron chi connectivity index (χ0n) is 18.7. The van der Waals surface area contributed by atoms with Crippen LogP contribution in [-0.4, -0.2) is 28.5 Å². The molecule has 2 aliphatic rings. The van der Waals surface area contributed by atoms with E-state index >= 15 is 0 Å². The van der Waals surface area contributed by atoms with Crippen molar-refractivity contribution in [2.45, 2.75) is 52.0 Å². The summed E-state index contributed by atoms with van der Waals surface area (Å²) in [6.45, 7) is 7.43. The van der Waals surface area contributed by atoms with E-state index in [1.807, 2.05) is 26.8 Å². The van der Waals surface area contributed by atoms with Gasteiger partial charge in [0.1, 0.15) is 11.9 Å². The summed E-state index contributed by atoms with van der Waals surface area (Å²) in [6, 6.07) is 3.57. The van der Waals surface area contributed by atoms with Gasteiger partial charge in [-0.3, -0.25) is 28.2 Å². The van der Waals surface area contributed by atoms with Crippen molar-refractivity contribution in [2.75, 3.05) is 6.61 Å². The molecule has 0 fully saturated rings. The number of phosphoric ester groups is 1. The molecule has 11 heteroatoms. The van der Waals surface area contributed by atoms with Crippen molar-refractivity contribution in [1.82, 2.24) is 9.55 Å². The zero-order valence-corrected chi connectivity index (χ0v) is 19.6. The average molecular weight is 476 g/mol. The van der Waals surface area contributed by atoms with Gasteiger partial charge in [0.15, 0.2) is 12.5 Å². The SMILES string of the molecule is Cc1cn([C@H]2C=C[C@@H](COP3(=O)OCc4cc(C(C)(C)C)cc(C=O)c4O3)O2)c(=O)[nH]c1=O. The van der Waals surface area contributed by atoms with E-state index in [1.165, 1.54) is 10.8 Å². The minimum absolute atomic E-state index is 0.0343. The van der Waals surface area contributed by atoms with Crippen LogP contribution in [0.3, 0.4) is 0 Å². The van der Waals surface area contributed by atoms with Crippen LogP contribution < -0.4 is 15.8 Å². The highest BCUT2D eigenvalue weighted by Crippen LogP contribution is 2.55. The van der Waals surface area contributed by atoms with E-state index in [0.717, 1.165) is 5.56 Å². The van der Waals surface area contributed by atoms with Crippen LogP contribution in [0.15, 0.2) is 40.1 Å². The molecule has 33 heavy (non-hydrogen) atoms. The largest absolute Gasteiger partial charge is 0.530 e. The number of nitrogens with zero attached hydrogens (tertiary/aromatic N) is 1. The standard InChI is InChI=1S/C22H25N2O8P/c1-13-9-24(21(27)23-20(13)26)18-6-5-17(31-18)12-30-33(28)29-11-15-8-16(22(2,3)4)7-14(10-25)19(15)32-33/h5-10,17-18H,11-12H2,1-4H3,(H,23,26,27)/t17-,18+,33?/m0/s1. The van der Waals surface area contributed by atoms with Gasteiger partial charge in [0.05, 0.1) is 18.8 Å². The third-order valence-electron chi connectivity index (χ3n) is 5.39. The summed E-state index contributed by atoms with van der Waals surface area (Å²) < 4.78 is 36.4. The average Bonchev–Trinajstić information content (AvgIpc) is 3.22. The third-order valence-corrected chi connectivity index (χ3v) is 6.71. The molecule has 4 rings (SSSR count). The van der Waals surface area contributed by atoms with E-state index in [1.54, 1.807) is 25.1 Å². The van der Waals surface area contributed by atoms with Gasteiger partial charge in [-0.1, -0.05) is 26.8 Å². The van der Waals surface area contributed by atoms with Gasteiger partial charge in [-0.2, -0.15) is 0 Å². The van der Waals surface area contributed by atoms with Gasteiger partial charge in [0, 0.05) is 17.3 Å². The Morgan fingerprint density at radius 2 is 2.03 bits per heavy atom. The van der Waals surface area contributed by atoms with E-state index in [4.69, 9.17) is 18.3 Å². The number of phosphoric acid groups is 1. The molecule has 0 saturated carbocycles.